The van der Waals surface area contributed by atoms with E-state index in [2.05, 4.69) is 62.5 Å². The molecule has 10 heteroatoms. The third kappa shape index (κ3) is 5.10. The zero-order chi connectivity index (χ0) is 27.2. The number of hydrogen-bond acceptors (Lipinski definition) is 7. The molecule has 0 saturated carbocycles. The monoisotopic (exact) mass is 543 g/mol. The number of aromatic nitrogens is 1. The van der Waals surface area contributed by atoms with Gasteiger partial charge in [0.15, 0.2) is 10.8 Å². The van der Waals surface area contributed by atoms with E-state index in [0.29, 0.717) is 5.13 Å². The van der Waals surface area contributed by atoms with Crippen molar-refractivity contribution in [1.82, 2.24) is 15.6 Å². The summed E-state index contributed by atoms with van der Waals surface area (Å²) in [6, 6.07) is 28.4. The fourth-order valence-electron chi connectivity index (χ4n) is 4.62. The smallest absolute Gasteiger partial charge is 0.276 e. The molecule has 2 atom stereocenters. The minimum absolute atomic E-state index is 0.121. The van der Waals surface area contributed by atoms with Gasteiger partial charge in [0, 0.05) is 5.38 Å². The van der Waals surface area contributed by atoms with Crippen LogP contribution < -0.4 is 16.0 Å². The van der Waals surface area contributed by atoms with Gasteiger partial charge >= 0.3 is 0 Å². The number of anilines is 1. The Hall–Kier alpha value is -4.57. The predicted molar refractivity (Wildman–Crippen MR) is 148 cm³/mol. The zero-order valence-electron chi connectivity index (χ0n) is 21.0. The fourth-order valence-corrected chi connectivity index (χ4v) is 5.37. The number of carbonyl (C=O) groups is 2. The Morgan fingerprint density at radius 3 is 2.00 bits per heavy atom. The van der Waals surface area contributed by atoms with Gasteiger partial charge in [-0.3, -0.25) is 9.59 Å². The van der Waals surface area contributed by atoms with Crippen molar-refractivity contribution < 1.29 is 18.8 Å². The highest BCUT2D eigenvalue weighted by Gasteiger charge is 2.41. The van der Waals surface area contributed by atoms with E-state index in [-0.39, 0.29) is 11.4 Å². The predicted octanol–water partition coefficient (Wildman–Crippen LogP) is 3.85. The van der Waals surface area contributed by atoms with E-state index in [9.17, 15) is 14.0 Å². The largest absolute Gasteiger partial charge is 0.398 e. The van der Waals surface area contributed by atoms with Crippen LogP contribution >= 0.6 is 11.3 Å². The molecule has 4 aromatic rings. The van der Waals surface area contributed by atoms with Crippen LogP contribution in [0.5, 0.6) is 0 Å². The highest BCUT2D eigenvalue weighted by Crippen LogP contribution is 2.40. The van der Waals surface area contributed by atoms with Crippen molar-refractivity contribution in [2.24, 2.45) is 5.16 Å². The third-order valence-electron chi connectivity index (χ3n) is 6.52. The van der Waals surface area contributed by atoms with Crippen LogP contribution in [0, 0.1) is 0 Å². The van der Waals surface area contributed by atoms with Gasteiger partial charge in [-0.1, -0.05) is 96.2 Å². The number of halogens is 1. The number of rotatable bonds is 10. The molecule has 2 heterocycles. The standard InChI is InChI=1S/C29H26FN5O3S/c1-38-35-25(27(37)33-24-22(17-30)31-26(24)36)23-18-39-28(32-23)34-29(19-11-5-2-6-12-19,20-13-7-3-8-14-20)21-15-9-4-10-16-21/h2-16,18,22,24H,17H2,1H3,(H,31,36)(H,32,34)(H,33,37). The van der Waals surface area contributed by atoms with Gasteiger partial charge in [0.1, 0.15) is 31.1 Å². The lowest BCUT2D eigenvalue weighted by atomic mass is 9.77. The molecule has 8 nitrogen and oxygen atoms in total. The first-order valence-electron chi connectivity index (χ1n) is 12.3. The molecular formula is C29H26FN5O3S. The van der Waals surface area contributed by atoms with Gasteiger partial charge in [-0.2, -0.15) is 0 Å². The molecule has 1 aromatic heterocycles. The van der Waals surface area contributed by atoms with E-state index >= 15 is 0 Å². The van der Waals surface area contributed by atoms with Gasteiger partial charge in [-0.15, -0.1) is 11.3 Å². The van der Waals surface area contributed by atoms with Crippen LogP contribution in [0.4, 0.5) is 9.52 Å². The maximum atomic E-state index is 13.1. The topological polar surface area (TPSA) is 105 Å². The molecule has 1 saturated heterocycles. The van der Waals surface area contributed by atoms with Crippen molar-refractivity contribution in [3.63, 3.8) is 0 Å². The number of nitrogens with zero attached hydrogens (tertiary/aromatic N) is 2. The maximum absolute atomic E-state index is 13.1. The molecule has 0 radical (unpaired) electrons. The lowest BCUT2D eigenvalue weighted by molar-refractivity contribution is -0.135. The summed E-state index contributed by atoms with van der Waals surface area (Å²) in [6.07, 6.45) is 0. The number of benzene rings is 3. The first-order valence-corrected chi connectivity index (χ1v) is 13.1. The van der Waals surface area contributed by atoms with E-state index in [0.717, 1.165) is 16.7 Å². The molecule has 1 aliphatic rings. The zero-order valence-corrected chi connectivity index (χ0v) is 21.8. The van der Waals surface area contributed by atoms with E-state index in [1.807, 2.05) is 54.6 Å². The molecular weight excluding hydrogens is 517 g/mol. The first kappa shape index (κ1) is 26.1. The summed E-state index contributed by atoms with van der Waals surface area (Å²) in [5.41, 5.74) is 2.31. The van der Waals surface area contributed by atoms with E-state index < -0.39 is 36.1 Å². The van der Waals surface area contributed by atoms with Gasteiger partial charge < -0.3 is 20.8 Å². The quantitative estimate of drug-likeness (QED) is 0.122. The molecule has 3 aromatic carbocycles. The van der Waals surface area contributed by atoms with Gasteiger partial charge in [-0.25, -0.2) is 9.37 Å². The average Bonchev–Trinajstić information content (AvgIpc) is 3.45. The number of carbonyl (C=O) groups excluding carboxylic acids is 2. The Balaban J connectivity index is 1.53. The highest BCUT2D eigenvalue weighted by atomic mass is 32.1. The number of β-lactam (4-membered cyclic amide) rings is 1. The maximum Gasteiger partial charge on any atom is 0.276 e. The molecule has 3 N–H and O–H groups in total. The Labute approximate surface area is 228 Å². The minimum atomic E-state index is -0.984. The van der Waals surface area contributed by atoms with Crippen molar-refractivity contribution in [2.45, 2.75) is 17.6 Å². The molecule has 198 valence electrons. The van der Waals surface area contributed by atoms with Gasteiger partial charge in [0.2, 0.25) is 5.91 Å². The molecule has 2 unspecified atom stereocenters. The van der Waals surface area contributed by atoms with Crippen molar-refractivity contribution in [2.75, 3.05) is 19.1 Å². The second-order valence-corrected chi connectivity index (χ2v) is 9.71. The molecule has 5 rings (SSSR count). The summed E-state index contributed by atoms with van der Waals surface area (Å²) in [6.45, 7) is -0.793. The number of alkyl halides is 1. The van der Waals surface area contributed by atoms with Crippen LogP contribution in [0.1, 0.15) is 22.4 Å². The van der Waals surface area contributed by atoms with Gasteiger partial charge in [-0.05, 0) is 16.7 Å². The number of nitrogens with one attached hydrogen (secondary N) is 3. The van der Waals surface area contributed by atoms with Crippen LogP contribution in [-0.4, -0.2) is 48.4 Å². The van der Waals surface area contributed by atoms with Crippen LogP contribution in [0.15, 0.2) is 102 Å². The first-order chi connectivity index (χ1) is 19.1. The molecule has 0 aliphatic carbocycles. The highest BCUT2D eigenvalue weighted by molar-refractivity contribution is 7.14. The van der Waals surface area contributed by atoms with Crippen LogP contribution in [0.3, 0.4) is 0 Å². The number of amides is 2. The Morgan fingerprint density at radius 2 is 1.54 bits per heavy atom. The van der Waals surface area contributed by atoms with Crippen molar-refractivity contribution in [1.29, 1.82) is 0 Å². The number of hydrogen-bond donors (Lipinski definition) is 3. The van der Waals surface area contributed by atoms with Crippen molar-refractivity contribution in [3.8, 4) is 0 Å². The summed E-state index contributed by atoms with van der Waals surface area (Å²) < 4.78 is 13.1. The summed E-state index contributed by atoms with van der Waals surface area (Å²) in [4.78, 5) is 34.4. The Morgan fingerprint density at radius 1 is 1.00 bits per heavy atom. The minimum Gasteiger partial charge on any atom is -0.398 e. The summed E-state index contributed by atoms with van der Waals surface area (Å²) in [5.74, 6) is -1.14. The lowest BCUT2D eigenvalue weighted by Gasteiger charge is -2.36. The fraction of sp³-hybridized carbons (Fsp3) is 0.172. The number of oxime groups is 1. The molecule has 2 amide bonds. The molecule has 1 aliphatic heterocycles. The SMILES string of the molecule is CON=C(C(=O)NC1C(=O)NC1CF)c1csc(NC(c2ccccc2)(c2ccccc2)c2ccccc2)n1. The lowest BCUT2D eigenvalue weighted by Crippen LogP contribution is -2.70. The van der Waals surface area contributed by atoms with Crippen LogP contribution in [0.2, 0.25) is 0 Å². The van der Waals surface area contributed by atoms with E-state index in [1.54, 1.807) is 5.38 Å². The number of thiazole rings is 1. The molecule has 39 heavy (non-hydrogen) atoms. The Bertz CT molecular complexity index is 1370. The van der Waals surface area contributed by atoms with Crippen molar-refractivity contribution in [3.05, 3.63) is 119 Å². The molecule has 0 bridgehead atoms. The summed E-state index contributed by atoms with van der Waals surface area (Å²) >= 11 is 1.30. The van der Waals surface area contributed by atoms with Gasteiger partial charge in [0.05, 0.1) is 6.04 Å². The van der Waals surface area contributed by atoms with Crippen LogP contribution in [-0.2, 0) is 20.0 Å². The average molecular weight is 544 g/mol. The third-order valence-corrected chi connectivity index (χ3v) is 7.28. The van der Waals surface area contributed by atoms with Crippen LogP contribution in [0.25, 0.3) is 0 Å². The Kier molecular flexibility index (Phi) is 7.64. The van der Waals surface area contributed by atoms with Gasteiger partial charge in [0.25, 0.3) is 5.91 Å². The molecule has 1 fully saturated rings. The van der Waals surface area contributed by atoms with E-state index in [4.69, 9.17) is 4.84 Å². The second kappa shape index (κ2) is 11.4. The normalized spacial score (nSPS) is 17.1. The molecule has 0 spiro atoms. The summed E-state index contributed by atoms with van der Waals surface area (Å²) in [7, 11) is 1.31. The second-order valence-electron chi connectivity index (χ2n) is 8.85. The summed E-state index contributed by atoms with van der Waals surface area (Å²) in [5, 5.41) is 14.7. The van der Waals surface area contributed by atoms with Crippen molar-refractivity contribution >= 4 is 34.0 Å². The van der Waals surface area contributed by atoms with E-state index in [1.165, 1.54) is 18.4 Å².